The lowest BCUT2D eigenvalue weighted by Crippen LogP contribution is -2.54. The second kappa shape index (κ2) is 8.40. The van der Waals surface area contributed by atoms with E-state index < -0.39 is 10.0 Å². The number of benzene rings is 2. The van der Waals surface area contributed by atoms with Crippen LogP contribution in [0.15, 0.2) is 70.9 Å². The van der Waals surface area contributed by atoms with Gasteiger partial charge in [-0.25, -0.2) is 17.8 Å². The quantitative estimate of drug-likeness (QED) is 0.365. The van der Waals surface area contributed by atoms with Gasteiger partial charge in [0, 0.05) is 31.1 Å². The van der Waals surface area contributed by atoms with Crippen molar-refractivity contribution in [2.24, 2.45) is 0 Å². The van der Waals surface area contributed by atoms with Crippen LogP contribution >= 0.6 is 11.3 Å². The average Bonchev–Trinajstić information content (AvgIpc) is 3.54. The van der Waals surface area contributed by atoms with Gasteiger partial charge in [-0.2, -0.15) is 4.31 Å². The van der Waals surface area contributed by atoms with E-state index in [1.54, 1.807) is 27.8 Å². The Hall–Kier alpha value is -3.34. The number of hydrogen-bond donors (Lipinski definition) is 0. The van der Waals surface area contributed by atoms with Crippen LogP contribution in [0.2, 0.25) is 0 Å². The third-order valence-electron chi connectivity index (χ3n) is 6.45. The molecule has 0 saturated carbocycles. The molecule has 0 aliphatic carbocycles. The van der Waals surface area contributed by atoms with E-state index in [0.717, 1.165) is 38.8 Å². The van der Waals surface area contributed by atoms with Gasteiger partial charge in [0.1, 0.15) is 0 Å². The highest BCUT2D eigenvalue weighted by Gasteiger charge is 2.35. The molecule has 0 spiro atoms. The van der Waals surface area contributed by atoms with Crippen molar-refractivity contribution in [2.45, 2.75) is 24.8 Å². The van der Waals surface area contributed by atoms with Crippen molar-refractivity contribution in [3.8, 4) is 10.7 Å². The number of fused-ring (bicyclic) bond motifs is 3. The fraction of sp³-hybridized carbons (Fsp3) is 0.240. The SMILES string of the molecule is Cc1ccc(S(=O)(=O)N2CCN(c3nc4ccccc4c4nnc(-c5cccs5)n34)C[C@@H]2C)cc1. The number of nitrogens with zero attached hydrogens (tertiary/aromatic N) is 6. The summed E-state index contributed by atoms with van der Waals surface area (Å²) in [4.78, 5) is 8.48. The number of aryl methyl sites for hydroxylation is 1. The first-order valence-electron chi connectivity index (χ1n) is 11.4. The molecule has 0 bridgehead atoms. The smallest absolute Gasteiger partial charge is 0.243 e. The zero-order valence-electron chi connectivity index (χ0n) is 19.4. The molecule has 3 aromatic heterocycles. The number of anilines is 1. The summed E-state index contributed by atoms with van der Waals surface area (Å²) in [7, 11) is -3.59. The standard InChI is InChI=1S/C25H24N6O2S2/c1-17-9-11-19(12-10-17)35(32,33)30-14-13-29(16-18(30)2)25-26-21-7-4-3-6-20(21)23-27-28-24(31(23)25)22-8-5-15-34-22/h3-12,15,18H,13-14,16H2,1-2H3/t18-/m0/s1. The van der Waals surface area contributed by atoms with Gasteiger partial charge in [-0.3, -0.25) is 0 Å². The van der Waals surface area contributed by atoms with E-state index in [-0.39, 0.29) is 6.04 Å². The van der Waals surface area contributed by atoms with Gasteiger partial charge in [-0.15, -0.1) is 21.5 Å². The highest BCUT2D eigenvalue weighted by molar-refractivity contribution is 7.89. The summed E-state index contributed by atoms with van der Waals surface area (Å²) < 4.78 is 30.4. The second-order valence-corrected chi connectivity index (χ2v) is 11.7. The summed E-state index contributed by atoms with van der Waals surface area (Å²) in [5, 5.41) is 12.0. The van der Waals surface area contributed by atoms with Crippen LogP contribution in [-0.4, -0.2) is 58.0 Å². The van der Waals surface area contributed by atoms with Gasteiger partial charge in [0.15, 0.2) is 11.5 Å². The Labute approximate surface area is 207 Å². The highest BCUT2D eigenvalue weighted by atomic mass is 32.2. The van der Waals surface area contributed by atoms with Gasteiger partial charge in [0.05, 0.1) is 15.3 Å². The Kier molecular flexibility index (Phi) is 5.32. The van der Waals surface area contributed by atoms with E-state index in [1.165, 1.54) is 0 Å². The molecule has 1 aliphatic heterocycles. The van der Waals surface area contributed by atoms with Crippen LogP contribution in [-0.2, 0) is 10.0 Å². The van der Waals surface area contributed by atoms with Gasteiger partial charge in [0.2, 0.25) is 16.0 Å². The molecule has 8 nitrogen and oxygen atoms in total. The third-order valence-corrected chi connectivity index (χ3v) is 9.34. The van der Waals surface area contributed by atoms with Crippen molar-refractivity contribution < 1.29 is 8.42 Å². The summed E-state index contributed by atoms with van der Waals surface area (Å²) in [6, 6.07) is 18.7. The molecule has 1 saturated heterocycles. The maximum absolute atomic E-state index is 13.4. The molecule has 0 unspecified atom stereocenters. The molecule has 2 aromatic carbocycles. The van der Waals surface area contributed by atoms with Gasteiger partial charge in [-0.05, 0) is 49.6 Å². The van der Waals surface area contributed by atoms with Gasteiger partial charge < -0.3 is 4.90 Å². The predicted octanol–water partition coefficient (Wildman–Crippen LogP) is 4.21. The number of piperazine rings is 1. The topological polar surface area (TPSA) is 83.7 Å². The molecule has 178 valence electrons. The lowest BCUT2D eigenvalue weighted by Gasteiger charge is -2.39. The summed E-state index contributed by atoms with van der Waals surface area (Å²) in [6.07, 6.45) is 0. The van der Waals surface area contributed by atoms with Crippen LogP contribution in [0.25, 0.3) is 27.3 Å². The molecule has 1 fully saturated rings. The fourth-order valence-corrected chi connectivity index (χ4v) is 6.98. The molecule has 35 heavy (non-hydrogen) atoms. The van der Waals surface area contributed by atoms with Gasteiger partial charge >= 0.3 is 0 Å². The van der Waals surface area contributed by atoms with Crippen LogP contribution in [0, 0.1) is 6.92 Å². The zero-order valence-corrected chi connectivity index (χ0v) is 21.0. The summed E-state index contributed by atoms with van der Waals surface area (Å²) in [5.74, 6) is 1.47. The van der Waals surface area contributed by atoms with Gasteiger partial charge in [-0.1, -0.05) is 35.9 Å². The molecule has 0 amide bonds. The number of rotatable bonds is 4. The van der Waals surface area contributed by atoms with Crippen molar-refractivity contribution >= 4 is 43.9 Å². The molecule has 5 aromatic rings. The molecule has 6 rings (SSSR count). The number of para-hydroxylation sites is 1. The molecule has 0 N–H and O–H groups in total. The number of hydrogen-bond acceptors (Lipinski definition) is 7. The maximum atomic E-state index is 13.4. The minimum Gasteiger partial charge on any atom is -0.339 e. The van der Waals surface area contributed by atoms with E-state index in [2.05, 4.69) is 15.1 Å². The molecular formula is C25H24N6O2S2. The minimum absolute atomic E-state index is 0.236. The monoisotopic (exact) mass is 504 g/mol. The average molecular weight is 505 g/mol. The number of thiophene rings is 1. The summed E-state index contributed by atoms with van der Waals surface area (Å²) >= 11 is 1.60. The first-order chi connectivity index (χ1) is 16.9. The number of aromatic nitrogens is 4. The first-order valence-corrected chi connectivity index (χ1v) is 13.8. The highest BCUT2D eigenvalue weighted by Crippen LogP contribution is 2.32. The van der Waals surface area contributed by atoms with E-state index >= 15 is 0 Å². The van der Waals surface area contributed by atoms with Crippen molar-refractivity contribution in [2.75, 3.05) is 24.5 Å². The molecule has 0 radical (unpaired) electrons. The largest absolute Gasteiger partial charge is 0.339 e. The van der Waals surface area contributed by atoms with Crippen molar-refractivity contribution in [1.82, 2.24) is 23.9 Å². The lowest BCUT2D eigenvalue weighted by molar-refractivity contribution is 0.304. The van der Waals surface area contributed by atoms with Crippen LogP contribution < -0.4 is 4.90 Å². The van der Waals surface area contributed by atoms with Crippen LogP contribution in [0.5, 0.6) is 0 Å². The first kappa shape index (κ1) is 22.1. The Morgan fingerprint density at radius 2 is 1.77 bits per heavy atom. The second-order valence-electron chi connectivity index (χ2n) is 8.81. The van der Waals surface area contributed by atoms with Crippen LogP contribution in [0.4, 0.5) is 5.95 Å². The Balaban J connectivity index is 1.41. The van der Waals surface area contributed by atoms with Gasteiger partial charge in [0.25, 0.3) is 0 Å². The normalized spacial score (nSPS) is 17.4. The Morgan fingerprint density at radius 3 is 2.51 bits per heavy atom. The Morgan fingerprint density at radius 1 is 0.971 bits per heavy atom. The minimum atomic E-state index is -3.59. The lowest BCUT2D eigenvalue weighted by atomic mass is 10.2. The van der Waals surface area contributed by atoms with Crippen molar-refractivity contribution in [3.05, 3.63) is 71.6 Å². The van der Waals surface area contributed by atoms with E-state index in [0.29, 0.717) is 24.5 Å². The third kappa shape index (κ3) is 3.69. The molecule has 1 atom stereocenters. The predicted molar refractivity (Wildman–Crippen MR) is 138 cm³/mol. The van der Waals surface area contributed by atoms with E-state index in [9.17, 15) is 8.42 Å². The molecule has 4 heterocycles. The van der Waals surface area contributed by atoms with E-state index in [1.807, 2.05) is 72.2 Å². The molecular weight excluding hydrogens is 480 g/mol. The zero-order chi connectivity index (χ0) is 24.2. The van der Waals surface area contributed by atoms with Crippen molar-refractivity contribution in [3.63, 3.8) is 0 Å². The molecule has 1 aliphatic rings. The van der Waals surface area contributed by atoms with Crippen LogP contribution in [0.3, 0.4) is 0 Å². The summed E-state index contributed by atoms with van der Waals surface area (Å²) in [5.41, 5.74) is 2.61. The maximum Gasteiger partial charge on any atom is 0.243 e. The fourth-order valence-electron chi connectivity index (χ4n) is 4.67. The Bertz CT molecular complexity index is 1630. The molecule has 10 heteroatoms. The van der Waals surface area contributed by atoms with Crippen molar-refractivity contribution in [1.29, 1.82) is 0 Å². The van der Waals surface area contributed by atoms with E-state index in [4.69, 9.17) is 4.98 Å². The summed E-state index contributed by atoms with van der Waals surface area (Å²) in [6.45, 7) is 5.28. The number of sulfonamides is 1. The van der Waals surface area contributed by atoms with Crippen LogP contribution in [0.1, 0.15) is 12.5 Å².